The van der Waals surface area contributed by atoms with Gasteiger partial charge in [-0.05, 0) is 24.1 Å². The Labute approximate surface area is 105 Å². The third-order valence-electron chi connectivity index (χ3n) is 2.71. The van der Waals surface area contributed by atoms with Crippen LogP contribution in [0.2, 0.25) is 0 Å². The van der Waals surface area contributed by atoms with Gasteiger partial charge in [-0.1, -0.05) is 19.1 Å². The molecule has 0 saturated heterocycles. The van der Waals surface area contributed by atoms with Crippen molar-refractivity contribution in [3.05, 3.63) is 47.5 Å². The molecule has 0 fully saturated rings. The summed E-state index contributed by atoms with van der Waals surface area (Å²) in [4.78, 5) is 8.12. The molecule has 2 aromatic rings. The number of nitrogens with two attached hydrogens (primary N) is 1. The molecule has 1 aromatic heterocycles. The van der Waals surface area contributed by atoms with Gasteiger partial charge in [0.1, 0.15) is 23.8 Å². The van der Waals surface area contributed by atoms with Gasteiger partial charge in [0, 0.05) is 12.1 Å². The highest BCUT2D eigenvalue weighted by molar-refractivity contribution is 5.55. The van der Waals surface area contributed by atoms with E-state index < -0.39 is 0 Å². The van der Waals surface area contributed by atoms with Gasteiger partial charge in [-0.2, -0.15) is 0 Å². The second kappa shape index (κ2) is 5.44. The first kappa shape index (κ1) is 12.3. The maximum atomic E-state index is 12.8. The standard InChI is InChI=1S/C13H15FN4/c1-2-11-12(15)17-8-18-13(11)16-7-9-3-5-10(14)6-4-9/h3-6,8H,2,7H2,1H3,(H3,15,16,17,18). The maximum absolute atomic E-state index is 12.8. The molecule has 0 saturated carbocycles. The molecule has 0 unspecified atom stereocenters. The van der Waals surface area contributed by atoms with Crippen LogP contribution in [-0.4, -0.2) is 9.97 Å². The van der Waals surface area contributed by atoms with Crippen LogP contribution in [0.4, 0.5) is 16.0 Å². The molecular weight excluding hydrogens is 231 g/mol. The van der Waals surface area contributed by atoms with Crippen LogP contribution >= 0.6 is 0 Å². The van der Waals surface area contributed by atoms with E-state index in [-0.39, 0.29) is 5.82 Å². The van der Waals surface area contributed by atoms with Crippen LogP contribution in [-0.2, 0) is 13.0 Å². The van der Waals surface area contributed by atoms with Crippen molar-refractivity contribution in [3.8, 4) is 0 Å². The average molecular weight is 246 g/mol. The molecule has 0 amide bonds. The third kappa shape index (κ3) is 2.74. The molecule has 4 nitrogen and oxygen atoms in total. The molecule has 0 bridgehead atoms. The zero-order valence-electron chi connectivity index (χ0n) is 10.2. The maximum Gasteiger partial charge on any atom is 0.134 e. The number of halogens is 1. The lowest BCUT2D eigenvalue weighted by molar-refractivity contribution is 0.627. The Morgan fingerprint density at radius 3 is 2.61 bits per heavy atom. The van der Waals surface area contributed by atoms with E-state index in [9.17, 15) is 4.39 Å². The lowest BCUT2D eigenvalue weighted by Crippen LogP contribution is -2.07. The molecular formula is C13H15FN4. The number of rotatable bonds is 4. The predicted molar refractivity (Wildman–Crippen MR) is 69.5 cm³/mol. The number of nitrogens with one attached hydrogen (secondary N) is 1. The lowest BCUT2D eigenvalue weighted by Gasteiger charge is -2.10. The highest BCUT2D eigenvalue weighted by Crippen LogP contribution is 2.18. The molecule has 0 radical (unpaired) electrons. The topological polar surface area (TPSA) is 63.8 Å². The summed E-state index contributed by atoms with van der Waals surface area (Å²) in [5.74, 6) is 0.989. The molecule has 0 atom stereocenters. The van der Waals surface area contributed by atoms with Crippen molar-refractivity contribution < 1.29 is 4.39 Å². The van der Waals surface area contributed by atoms with Crippen LogP contribution < -0.4 is 11.1 Å². The van der Waals surface area contributed by atoms with Gasteiger partial charge in [-0.3, -0.25) is 0 Å². The minimum absolute atomic E-state index is 0.237. The van der Waals surface area contributed by atoms with Gasteiger partial charge in [-0.25, -0.2) is 14.4 Å². The van der Waals surface area contributed by atoms with Crippen LogP contribution in [0.15, 0.2) is 30.6 Å². The summed E-state index contributed by atoms with van der Waals surface area (Å²) in [6.45, 7) is 2.57. The summed E-state index contributed by atoms with van der Waals surface area (Å²) in [7, 11) is 0. The van der Waals surface area contributed by atoms with E-state index in [2.05, 4.69) is 15.3 Å². The number of hydrogen-bond donors (Lipinski definition) is 2. The zero-order valence-corrected chi connectivity index (χ0v) is 10.2. The Hall–Kier alpha value is -2.17. The molecule has 0 aliphatic carbocycles. The van der Waals surface area contributed by atoms with Crippen LogP contribution in [0.1, 0.15) is 18.1 Å². The summed E-state index contributed by atoms with van der Waals surface area (Å²) < 4.78 is 12.8. The number of hydrogen-bond acceptors (Lipinski definition) is 4. The van der Waals surface area contributed by atoms with E-state index in [1.807, 2.05) is 6.92 Å². The second-order valence-electron chi connectivity index (χ2n) is 3.92. The minimum atomic E-state index is -0.237. The van der Waals surface area contributed by atoms with Crippen molar-refractivity contribution in [2.75, 3.05) is 11.1 Å². The number of aromatic nitrogens is 2. The number of anilines is 2. The van der Waals surface area contributed by atoms with Gasteiger partial charge < -0.3 is 11.1 Å². The first-order chi connectivity index (χ1) is 8.70. The van der Waals surface area contributed by atoms with Crippen LogP contribution in [0.3, 0.4) is 0 Å². The highest BCUT2D eigenvalue weighted by atomic mass is 19.1. The summed E-state index contributed by atoms with van der Waals surface area (Å²) >= 11 is 0. The van der Waals surface area contributed by atoms with E-state index in [0.717, 1.165) is 23.4 Å². The number of nitrogen functional groups attached to an aromatic ring is 1. The van der Waals surface area contributed by atoms with E-state index >= 15 is 0 Å². The quantitative estimate of drug-likeness (QED) is 0.869. The molecule has 1 aromatic carbocycles. The molecule has 2 rings (SSSR count). The summed E-state index contributed by atoms with van der Waals surface area (Å²) in [6.07, 6.45) is 2.19. The molecule has 0 aliphatic heterocycles. The fourth-order valence-corrected chi connectivity index (χ4v) is 1.71. The fraction of sp³-hybridized carbons (Fsp3) is 0.231. The average Bonchev–Trinajstić information content (AvgIpc) is 2.38. The van der Waals surface area contributed by atoms with Gasteiger partial charge in [0.15, 0.2) is 0 Å². The van der Waals surface area contributed by atoms with Crippen LogP contribution in [0, 0.1) is 5.82 Å². The minimum Gasteiger partial charge on any atom is -0.383 e. The third-order valence-corrected chi connectivity index (χ3v) is 2.71. The van der Waals surface area contributed by atoms with Gasteiger partial charge in [-0.15, -0.1) is 0 Å². The lowest BCUT2D eigenvalue weighted by atomic mass is 10.2. The van der Waals surface area contributed by atoms with E-state index in [1.54, 1.807) is 12.1 Å². The number of benzene rings is 1. The number of nitrogens with zero attached hydrogens (tertiary/aromatic N) is 2. The summed E-state index contributed by atoms with van der Waals surface area (Å²) in [5, 5.41) is 3.19. The van der Waals surface area contributed by atoms with Crippen molar-refractivity contribution >= 4 is 11.6 Å². The Morgan fingerprint density at radius 1 is 1.22 bits per heavy atom. The normalized spacial score (nSPS) is 10.3. The largest absolute Gasteiger partial charge is 0.383 e. The monoisotopic (exact) mass is 246 g/mol. The van der Waals surface area contributed by atoms with Crippen molar-refractivity contribution in [2.24, 2.45) is 0 Å². The van der Waals surface area contributed by atoms with E-state index in [1.165, 1.54) is 18.5 Å². The Bertz CT molecular complexity index is 525. The molecule has 0 spiro atoms. The zero-order chi connectivity index (χ0) is 13.0. The fourth-order valence-electron chi connectivity index (χ4n) is 1.71. The highest BCUT2D eigenvalue weighted by Gasteiger charge is 2.06. The molecule has 1 heterocycles. The smallest absolute Gasteiger partial charge is 0.134 e. The summed E-state index contributed by atoms with van der Waals surface area (Å²) in [6, 6.07) is 6.34. The molecule has 94 valence electrons. The molecule has 0 aliphatic rings. The van der Waals surface area contributed by atoms with Crippen molar-refractivity contribution in [2.45, 2.75) is 19.9 Å². The van der Waals surface area contributed by atoms with Crippen LogP contribution in [0.25, 0.3) is 0 Å². The predicted octanol–water partition coefficient (Wildman–Crippen LogP) is 2.37. The van der Waals surface area contributed by atoms with Crippen molar-refractivity contribution in [1.29, 1.82) is 0 Å². The molecule has 3 N–H and O–H groups in total. The second-order valence-corrected chi connectivity index (χ2v) is 3.92. The summed E-state index contributed by atoms with van der Waals surface area (Å²) in [5.41, 5.74) is 7.66. The van der Waals surface area contributed by atoms with E-state index in [0.29, 0.717) is 12.4 Å². The van der Waals surface area contributed by atoms with Gasteiger partial charge in [0.05, 0.1) is 0 Å². The first-order valence-electron chi connectivity index (χ1n) is 5.78. The Kier molecular flexibility index (Phi) is 3.72. The van der Waals surface area contributed by atoms with Crippen LogP contribution in [0.5, 0.6) is 0 Å². The Morgan fingerprint density at radius 2 is 1.94 bits per heavy atom. The first-order valence-corrected chi connectivity index (χ1v) is 5.78. The molecule has 18 heavy (non-hydrogen) atoms. The van der Waals surface area contributed by atoms with Gasteiger partial charge >= 0.3 is 0 Å². The van der Waals surface area contributed by atoms with Gasteiger partial charge in [0.2, 0.25) is 0 Å². The van der Waals surface area contributed by atoms with Gasteiger partial charge in [0.25, 0.3) is 0 Å². The Balaban J connectivity index is 2.10. The molecule has 5 heteroatoms. The van der Waals surface area contributed by atoms with E-state index in [4.69, 9.17) is 5.73 Å². The van der Waals surface area contributed by atoms with Crippen molar-refractivity contribution in [3.63, 3.8) is 0 Å². The SMILES string of the molecule is CCc1c(N)ncnc1NCc1ccc(F)cc1. The van der Waals surface area contributed by atoms with Crippen molar-refractivity contribution in [1.82, 2.24) is 9.97 Å².